The third-order valence-corrected chi connectivity index (χ3v) is 3.63. The number of carbonyl (C=O) groups excluding carboxylic acids is 3. The van der Waals surface area contributed by atoms with E-state index in [-0.39, 0.29) is 54.6 Å². The van der Waals surface area contributed by atoms with Crippen LogP contribution in [-0.2, 0) is 19.1 Å². The Morgan fingerprint density at radius 3 is 2.24 bits per heavy atom. The maximum atomic E-state index is 12.0. The zero-order valence-corrected chi connectivity index (χ0v) is 13.3. The summed E-state index contributed by atoms with van der Waals surface area (Å²) in [4.78, 5) is 34.8. The van der Waals surface area contributed by atoms with Gasteiger partial charge >= 0.3 is 6.16 Å². The number of hydrogen-bond acceptors (Lipinski definition) is 5. The number of hydrogen-bond donors (Lipinski definition) is 1. The van der Waals surface area contributed by atoms with Crippen molar-refractivity contribution in [1.29, 1.82) is 0 Å². The standard InChI is InChI=1S/C15H25NO5/c1-8(2)6-20-15(19)21-7-11(17)10(5)13-12(9(3)4)14(18)16-13/h8-10,12-13H,6-7H2,1-5H3,(H,16,18)/t10-,12?,13?/m0/s1. The van der Waals surface area contributed by atoms with Crippen molar-refractivity contribution < 1.29 is 23.9 Å². The molecule has 0 aromatic rings. The molecule has 1 saturated heterocycles. The number of β-lactam (4-membered cyclic amide) rings is 1. The molecular formula is C15H25NO5. The molecule has 1 fully saturated rings. The number of carbonyl (C=O) groups is 3. The summed E-state index contributed by atoms with van der Waals surface area (Å²) in [6.07, 6.45) is -0.831. The lowest BCUT2D eigenvalue weighted by Gasteiger charge is -2.42. The summed E-state index contributed by atoms with van der Waals surface area (Å²) in [6, 6.07) is -0.180. The average Bonchev–Trinajstić information content (AvgIpc) is 2.37. The van der Waals surface area contributed by atoms with Crippen molar-refractivity contribution in [3.8, 4) is 0 Å². The molecule has 1 rings (SSSR count). The number of Topliss-reactive ketones (excluding diaryl/α,β-unsaturated/α-hetero) is 1. The van der Waals surface area contributed by atoms with Crippen LogP contribution in [0.2, 0.25) is 0 Å². The molecule has 0 bridgehead atoms. The first-order valence-corrected chi connectivity index (χ1v) is 7.36. The lowest BCUT2D eigenvalue weighted by Crippen LogP contribution is -2.64. The second-order valence-electron chi connectivity index (χ2n) is 6.30. The third-order valence-electron chi connectivity index (χ3n) is 3.63. The highest BCUT2D eigenvalue weighted by molar-refractivity contribution is 5.91. The van der Waals surface area contributed by atoms with E-state index < -0.39 is 6.16 Å². The summed E-state index contributed by atoms with van der Waals surface area (Å²) in [7, 11) is 0. The van der Waals surface area contributed by atoms with Crippen molar-refractivity contribution >= 4 is 17.8 Å². The molecule has 0 radical (unpaired) electrons. The Morgan fingerprint density at radius 1 is 1.14 bits per heavy atom. The smallest absolute Gasteiger partial charge is 0.434 e. The van der Waals surface area contributed by atoms with E-state index in [2.05, 4.69) is 5.32 Å². The van der Waals surface area contributed by atoms with Gasteiger partial charge in [0.2, 0.25) is 5.91 Å². The van der Waals surface area contributed by atoms with E-state index in [4.69, 9.17) is 9.47 Å². The zero-order chi connectivity index (χ0) is 16.2. The molecule has 3 atom stereocenters. The van der Waals surface area contributed by atoms with E-state index in [1.165, 1.54) is 0 Å². The Kier molecular flexibility index (Phi) is 6.18. The van der Waals surface area contributed by atoms with Gasteiger partial charge in [-0.2, -0.15) is 0 Å². The quantitative estimate of drug-likeness (QED) is 0.572. The van der Waals surface area contributed by atoms with Crippen LogP contribution in [0.25, 0.3) is 0 Å². The molecule has 6 heteroatoms. The molecule has 1 aliphatic heterocycles. The molecule has 0 aliphatic carbocycles. The van der Waals surface area contributed by atoms with Crippen LogP contribution in [0.4, 0.5) is 4.79 Å². The Morgan fingerprint density at radius 2 is 1.76 bits per heavy atom. The van der Waals surface area contributed by atoms with Crippen molar-refractivity contribution in [2.45, 2.75) is 40.7 Å². The molecule has 120 valence electrons. The Hall–Kier alpha value is -1.59. The molecule has 21 heavy (non-hydrogen) atoms. The minimum Gasteiger partial charge on any atom is -0.434 e. The van der Waals surface area contributed by atoms with Crippen LogP contribution in [0.1, 0.15) is 34.6 Å². The lowest BCUT2D eigenvalue weighted by atomic mass is 9.74. The van der Waals surface area contributed by atoms with Gasteiger partial charge in [-0.3, -0.25) is 9.59 Å². The van der Waals surface area contributed by atoms with Gasteiger partial charge in [-0.1, -0.05) is 34.6 Å². The molecule has 0 aromatic carbocycles. The SMILES string of the molecule is CC(C)COC(=O)OCC(=O)[C@H](C)C1NC(=O)C1C(C)C. The predicted molar refractivity (Wildman–Crippen MR) is 76.6 cm³/mol. The maximum Gasteiger partial charge on any atom is 0.508 e. The molecule has 0 spiro atoms. The highest BCUT2D eigenvalue weighted by Crippen LogP contribution is 2.29. The molecule has 1 aliphatic rings. The van der Waals surface area contributed by atoms with Gasteiger partial charge in [-0.15, -0.1) is 0 Å². The molecule has 0 saturated carbocycles. The second-order valence-corrected chi connectivity index (χ2v) is 6.30. The van der Waals surface area contributed by atoms with Gasteiger partial charge in [-0.25, -0.2) is 4.79 Å². The highest BCUT2D eigenvalue weighted by atomic mass is 16.7. The predicted octanol–water partition coefficient (Wildman–Crippen LogP) is 1.77. The van der Waals surface area contributed by atoms with Gasteiger partial charge in [0.15, 0.2) is 12.4 Å². The monoisotopic (exact) mass is 299 g/mol. The summed E-state index contributed by atoms with van der Waals surface area (Å²) in [6.45, 7) is 9.40. The van der Waals surface area contributed by atoms with Crippen LogP contribution in [0, 0.1) is 23.7 Å². The molecule has 2 unspecified atom stereocenters. The lowest BCUT2D eigenvalue weighted by molar-refractivity contribution is -0.142. The van der Waals surface area contributed by atoms with E-state index in [9.17, 15) is 14.4 Å². The van der Waals surface area contributed by atoms with Gasteiger partial charge < -0.3 is 14.8 Å². The van der Waals surface area contributed by atoms with Crippen LogP contribution in [-0.4, -0.2) is 37.1 Å². The largest absolute Gasteiger partial charge is 0.508 e. The first kappa shape index (κ1) is 17.5. The van der Waals surface area contributed by atoms with Gasteiger partial charge in [-0.05, 0) is 11.8 Å². The van der Waals surface area contributed by atoms with Crippen molar-refractivity contribution in [3.63, 3.8) is 0 Å². The van der Waals surface area contributed by atoms with Gasteiger partial charge in [0.1, 0.15) is 0 Å². The number of nitrogens with one attached hydrogen (secondary N) is 1. The van der Waals surface area contributed by atoms with Crippen LogP contribution in [0.5, 0.6) is 0 Å². The number of ketones is 1. The summed E-state index contributed by atoms with van der Waals surface area (Å²) < 4.78 is 9.62. The molecule has 1 amide bonds. The Bertz CT molecular complexity index is 405. The van der Waals surface area contributed by atoms with Crippen LogP contribution in [0.3, 0.4) is 0 Å². The summed E-state index contributed by atoms with van der Waals surface area (Å²) in [5.74, 6) is -0.385. The molecule has 6 nitrogen and oxygen atoms in total. The van der Waals surface area contributed by atoms with Gasteiger partial charge in [0.25, 0.3) is 0 Å². The normalized spacial score (nSPS) is 22.5. The van der Waals surface area contributed by atoms with Crippen molar-refractivity contribution in [2.75, 3.05) is 13.2 Å². The topological polar surface area (TPSA) is 81.7 Å². The molecule has 1 N–H and O–H groups in total. The van der Waals surface area contributed by atoms with E-state index in [0.717, 1.165) is 0 Å². The van der Waals surface area contributed by atoms with Crippen LogP contribution < -0.4 is 5.32 Å². The number of ether oxygens (including phenoxy) is 2. The third kappa shape index (κ3) is 4.72. The van der Waals surface area contributed by atoms with E-state index >= 15 is 0 Å². The molecular weight excluding hydrogens is 274 g/mol. The zero-order valence-electron chi connectivity index (χ0n) is 13.3. The minimum atomic E-state index is -0.831. The fourth-order valence-electron chi connectivity index (χ4n) is 2.31. The van der Waals surface area contributed by atoms with E-state index in [0.29, 0.717) is 0 Å². The van der Waals surface area contributed by atoms with Crippen LogP contribution in [0.15, 0.2) is 0 Å². The fraction of sp³-hybridized carbons (Fsp3) is 0.800. The molecule has 1 heterocycles. The first-order chi connectivity index (χ1) is 9.73. The van der Waals surface area contributed by atoms with Gasteiger partial charge in [0.05, 0.1) is 18.6 Å². The van der Waals surface area contributed by atoms with Gasteiger partial charge in [0, 0.05) is 5.92 Å². The minimum absolute atomic E-state index is 0.0214. The Labute approximate surface area is 125 Å². The summed E-state index contributed by atoms with van der Waals surface area (Å²) >= 11 is 0. The van der Waals surface area contributed by atoms with Crippen molar-refractivity contribution in [2.24, 2.45) is 23.7 Å². The first-order valence-electron chi connectivity index (χ1n) is 7.36. The number of rotatable bonds is 7. The molecule has 0 aromatic heterocycles. The number of amides is 1. The van der Waals surface area contributed by atoms with E-state index in [1.807, 2.05) is 27.7 Å². The summed E-state index contributed by atoms with van der Waals surface area (Å²) in [5.41, 5.74) is 0. The fourth-order valence-corrected chi connectivity index (χ4v) is 2.31. The van der Waals surface area contributed by atoms with Crippen molar-refractivity contribution in [3.05, 3.63) is 0 Å². The second kappa shape index (κ2) is 7.43. The van der Waals surface area contributed by atoms with E-state index in [1.54, 1.807) is 6.92 Å². The highest BCUT2D eigenvalue weighted by Gasteiger charge is 2.45. The summed E-state index contributed by atoms with van der Waals surface area (Å²) in [5, 5.41) is 2.75. The average molecular weight is 299 g/mol. The van der Waals surface area contributed by atoms with Crippen molar-refractivity contribution in [1.82, 2.24) is 5.32 Å². The Balaban J connectivity index is 2.38. The van der Waals surface area contributed by atoms with Crippen LogP contribution >= 0.6 is 0 Å². The maximum absolute atomic E-state index is 12.0.